The molecule has 1 atom stereocenters. The number of hydrogen-bond acceptors (Lipinski definition) is 4. The highest BCUT2D eigenvalue weighted by atomic mass is 32.1. The SMILES string of the molecule is CC(C)c1ncc(CN(C)C(C)CN)s1. The highest BCUT2D eigenvalue weighted by molar-refractivity contribution is 7.11. The van der Waals surface area contributed by atoms with Crippen molar-refractivity contribution in [2.24, 2.45) is 5.73 Å². The van der Waals surface area contributed by atoms with Gasteiger partial charge in [0.05, 0.1) is 5.01 Å². The highest BCUT2D eigenvalue weighted by Crippen LogP contribution is 2.22. The van der Waals surface area contributed by atoms with Gasteiger partial charge in [-0.3, -0.25) is 4.90 Å². The van der Waals surface area contributed by atoms with Crippen LogP contribution in [0.1, 0.15) is 36.6 Å². The maximum Gasteiger partial charge on any atom is 0.0953 e. The number of nitrogens with two attached hydrogens (primary N) is 1. The highest BCUT2D eigenvalue weighted by Gasteiger charge is 2.11. The van der Waals surface area contributed by atoms with Crippen molar-refractivity contribution >= 4 is 11.3 Å². The largest absolute Gasteiger partial charge is 0.329 e. The Bertz CT molecular complexity index is 296. The monoisotopic (exact) mass is 227 g/mol. The Labute approximate surface area is 96.3 Å². The zero-order valence-corrected chi connectivity index (χ0v) is 10.8. The van der Waals surface area contributed by atoms with Crippen LogP contribution < -0.4 is 5.73 Å². The number of hydrogen-bond donors (Lipinski definition) is 1. The van der Waals surface area contributed by atoms with Gasteiger partial charge >= 0.3 is 0 Å². The molecule has 0 amide bonds. The molecule has 0 bridgehead atoms. The van der Waals surface area contributed by atoms with E-state index in [2.05, 4.69) is 37.7 Å². The minimum absolute atomic E-state index is 0.426. The number of rotatable bonds is 5. The van der Waals surface area contributed by atoms with E-state index in [1.165, 1.54) is 9.88 Å². The van der Waals surface area contributed by atoms with Gasteiger partial charge in [-0.2, -0.15) is 0 Å². The Morgan fingerprint density at radius 3 is 2.60 bits per heavy atom. The van der Waals surface area contributed by atoms with Crippen LogP contribution in [0.3, 0.4) is 0 Å². The predicted octanol–water partition coefficient (Wildman–Crippen LogP) is 2.05. The lowest BCUT2D eigenvalue weighted by atomic mass is 10.2. The quantitative estimate of drug-likeness (QED) is 0.837. The van der Waals surface area contributed by atoms with Crippen LogP contribution in [0.25, 0.3) is 0 Å². The molecule has 1 aromatic rings. The van der Waals surface area contributed by atoms with Gasteiger partial charge in [-0.05, 0) is 14.0 Å². The third-order valence-corrected chi connectivity index (χ3v) is 3.85. The maximum atomic E-state index is 5.63. The Morgan fingerprint density at radius 1 is 1.47 bits per heavy atom. The Kier molecular flexibility index (Phi) is 4.70. The van der Waals surface area contributed by atoms with E-state index in [4.69, 9.17) is 5.73 Å². The van der Waals surface area contributed by atoms with E-state index in [1.54, 1.807) is 11.3 Å². The molecule has 15 heavy (non-hydrogen) atoms. The van der Waals surface area contributed by atoms with Crippen molar-refractivity contribution in [3.63, 3.8) is 0 Å². The standard InChI is InChI=1S/C11H21N3S/c1-8(2)11-13-6-10(15-11)7-14(4)9(3)5-12/h6,8-9H,5,7,12H2,1-4H3. The van der Waals surface area contributed by atoms with Gasteiger partial charge < -0.3 is 5.73 Å². The van der Waals surface area contributed by atoms with Gasteiger partial charge in [0.2, 0.25) is 0 Å². The second-order valence-corrected chi connectivity index (χ2v) is 5.47. The molecule has 1 rings (SSSR count). The molecule has 0 spiro atoms. The fourth-order valence-corrected chi connectivity index (χ4v) is 2.23. The summed E-state index contributed by atoms with van der Waals surface area (Å²) in [6.45, 7) is 8.14. The summed E-state index contributed by atoms with van der Waals surface area (Å²) >= 11 is 1.80. The van der Waals surface area contributed by atoms with Crippen molar-refractivity contribution in [1.82, 2.24) is 9.88 Å². The molecule has 0 saturated heterocycles. The van der Waals surface area contributed by atoms with Gasteiger partial charge in [0, 0.05) is 36.1 Å². The van der Waals surface area contributed by atoms with Crippen molar-refractivity contribution < 1.29 is 0 Å². The van der Waals surface area contributed by atoms with Gasteiger partial charge in [0.25, 0.3) is 0 Å². The lowest BCUT2D eigenvalue weighted by Crippen LogP contribution is -2.34. The molecule has 0 aliphatic heterocycles. The van der Waals surface area contributed by atoms with Crippen LogP contribution >= 0.6 is 11.3 Å². The molecule has 0 aromatic carbocycles. The second-order valence-electron chi connectivity index (χ2n) is 4.32. The van der Waals surface area contributed by atoms with Crippen LogP contribution in [0.4, 0.5) is 0 Å². The molecule has 3 nitrogen and oxygen atoms in total. The third-order valence-electron chi connectivity index (χ3n) is 2.56. The average Bonchev–Trinajstić information content (AvgIpc) is 2.65. The van der Waals surface area contributed by atoms with E-state index in [0.717, 1.165) is 6.54 Å². The minimum atomic E-state index is 0.426. The Hall–Kier alpha value is -0.450. The summed E-state index contributed by atoms with van der Waals surface area (Å²) in [5, 5.41) is 1.22. The van der Waals surface area contributed by atoms with E-state index in [0.29, 0.717) is 18.5 Å². The molecular weight excluding hydrogens is 206 g/mol. The molecule has 86 valence electrons. The smallest absolute Gasteiger partial charge is 0.0953 e. The zero-order chi connectivity index (χ0) is 11.4. The van der Waals surface area contributed by atoms with Crippen molar-refractivity contribution in [3.8, 4) is 0 Å². The molecule has 0 aliphatic rings. The van der Waals surface area contributed by atoms with E-state index in [-0.39, 0.29) is 0 Å². The zero-order valence-electron chi connectivity index (χ0n) is 10.0. The first-order valence-electron chi connectivity index (χ1n) is 5.39. The van der Waals surface area contributed by atoms with Crippen LogP contribution in [-0.4, -0.2) is 29.5 Å². The fourth-order valence-electron chi connectivity index (χ4n) is 1.24. The summed E-state index contributed by atoms with van der Waals surface area (Å²) in [7, 11) is 2.10. The summed E-state index contributed by atoms with van der Waals surface area (Å²) in [5.74, 6) is 0.529. The van der Waals surface area contributed by atoms with Gasteiger partial charge in [-0.25, -0.2) is 4.98 Å². The first kappa shape index (κ1) is 12.6. The predicted molar refractivity (Wildman–Crippen MR) is 66.2 cm³/mol. The molecule has 4 heteroatoms. The Balaban J connectivity index is 2.57. The number of thiazole rings is 1. The molecular formula is C11H21N3S. The van der Waals surface area contributed by atoms with Gasteiger partial charge in [-0.15, -0.1) is 11.3 Å². The molecule has 1 unspecified atom stereocenters. The number of likely N-dealkylation sites (N-methyl/N-ethyl adjacent to an activating group) is 1. The fraction of sp³-hybridized carbons (Fsp3) is 0.727. The molecule has 0 aliphatic carbocycles. The molecule has 0 saturated carbocycles. The normalized spacial score (nSPS) is 13.8. The van der Waals surface area contributed by atoms with Crippen LogP contribution in [0, 0.1) is 0 Å². The molecule has 0 radical (unpaired) electrons. The second kappa shape index (κ2) is 5.58. The summed E-state index contributed by atoms with van der Waals surface area (Å²) in [6.07, 6.45) is 1.99. The van der Waals surface area contributed by atoms with Crippen LogP contribution in [0.2, 0.25) is 0 Å². The topological polar surface area (TPSA) is 42.2 Å². The average molecular weight is 227 g/mol. The van der Waals surface area contributed by atoms with E-state index in [9.17, 15) is 0 Å². The Morgan fingerprint density at radius 2 is 2.13 bits per heavy atom. The maximum absolute atomic E-state index is 5.63. The number of aromatic nitrogens is 1. The molecule has 2 N–H and O–H groups in total. The van der Waals surface area contributed by atoms with Gasteiger partial charge in [0.1, 0.15) is 0 Å². The van der Waals surface area contributed by atoms with Gasteiger partial charge in [0.15, 0.2) is 0 Å². The van der Waals surface area contributed by atoms with Crippen LogP contribution in [0.5, 0.6) is 0 Å². The van der Waals surface area contributed by atoms with E-state index in [1.807, 2.05) is 6.20 Å². The minimum Gasteiger partial charge on any atom is -0.329 e. The molecule has 0 fully saturated rings. The van der Waals surface area contributed by atoms with Crippen molar-refractivity contribution in [1.29, 1.82) is 0 Å². The summed E-state index contributed by atoms with van der Waals surface area (Å²) in [6, 6.07) is 0.426. The van der Waals surface area contributed by atoms with Crippen LogP contribution in [0.15, 0.2) is 6.20 Å². The number of nitrogens with zero attached hydrogens (tertiary/aromatic N) is 2. The molecule has 1 aromatic heterocycles. The van der Waals surface area contributed by atoms with E-state index < -0.39 is 0 Å². The van der Waals surface area contributed by atoms with Crippen molar-refractivity contribution in [3.05, 3.63) is 16.1 Å². The summed E-state index contributed by atoms with van der Waals surface area (Å²) < 4.78 is 0. The van der Waals surface area contributed by atoms with Crippen molar-refractivity contribution in [2.45, 2.75) is 39.3 Å². The first-order valence-corrected chi connectivity index (χ1v) is 6.21. The van der Waals surface area contributed by atoms with E-state index >= 15 is 0 Å². The van der Waals surface area contributed by atoms with Gasteiger partial charge in [-0.1, -0.05) is 13.8 Å². The molecule has 1 heterocycles. The summed E-state index contributed by atoms with van der Waals surface area (Å²) in [5.41, 5.74) is 5.63. The third kappa shape index (κ3) is 3.55. The lowest BCUT2D eigenvalue weighted by molar-refractivity contribution is 0.257. The van der Waals surface area contributed by atoms with Crippen LogP contribution in [-0.2, 0) is 6.54 Å². The lowest BCUT2D eigenvalue weighted by Gasteiger charge is -2.22. The summed E-state index contributed by atoms with van der Waals surface area (Å²) in [4.78, 5) is 8.00. The first-order chi connectivity index (χ1) is 7.04. The van der Waals surface area contributed by atoms with Crippen molar-refractivity contribution in [2.75, 3.05) is 13.6 Å².